The summed E-state index contributed by atoms with van der Waals surface area (Å²) in [5, 5.41) is 5.55. The maximum absolute atomic E-state index is 14.0. The molecule has 1 aromatic carbocycles. The zero-order valence-corrected chi connectivity index (χ0v) is 18.1. The average molecular weight is 424 g/mol. The first-order valence-electron chi connectivity index (χ1n) is 11.1. The number of hydrogen-bond donors (Lipinski definition) is 1. The second-order valence-electron chi connectivity index (χ2n) is 9.09. The number of carbonyl (C=O) groups is 2. The fraction of sp³-hybridized carbons (Fsp3) is 0.522. The van der Waals surface area contributed by atoms with Gasteiger partial charge in [0, 0.05) is 37.8 Å². The second kappa shape index (κ2) is 7.67. The van der Waals surface area contributed by atoms with Gasteiger partial charge in [0.25, 0.3) is 0 Å². The van der Waals surface area contributed by atoms with E-state index in [0.29, 0.717) is 26.2 Å². The molecule has 0 aliphatic carbocycles. The smallest absolute Gasteiger partial charge is 0.410 e. The Bertz CT molecular complexity index is 1020. The molecule has 0 radical (unpaired) electrons. The summed E-state index contributed by atoms with van der Waals surface area (Å²) in [4.78, 5) is 36.3. The minimum atomic E-state index is -0.483. The van der Waals surface area contributed by atoms with Crippen molar-refractivity contribution in [2.75, 3.05) is 44.2 Å². The number of benzene rings is 1. The number of pyridine rings is 1. The highest BCUT2D eigenvalue weighted by Gasteiger charge is 2.49. The van der Waals surface area contributed by atoms with Gasteiger partial charge in [-0.2, -0.15) is 0 Å². The van der Waals surface area contributed by atoms with Crippen molar-refractivity contribution in [3.8, 4) is 0 Å². The van der Waals surface area contributed by atoms with Gasteiger partial charge in [-0.1, -0.05) is 18.2 Å². The first-order valence-corrected chi connectivity index (χ1v) is 11.1. The normalized spacial score (nSPS) is 26.0. The largest absolute Gasteiger partial charge is 0.447 e. The summed E-state index contributed by atoms with van der Waals surface area (Å²) < 4.78 is 5.28. The number of carbonyl (C=O) groups excluding carboxylic acids is 2. The molecule has 1 aromatic heterocycles. The van der Waals surface area contributed by atoms with Crippen molar-refractivity contribution < 1.29 is 14.3 Å². The maximum atomic E-state index is 14.0. The molecule has 3 saturated heterocycles. The van der Waals surface area contributed by atoms with Gasteiger partial charge in [-0.15, -0.1) is 0 Å². The maximum Gasteiger partial charge on any atom is 0.410 e. The van der Waals surface area contributed by atoms with Crippen molar-refractivity contribution >= 4 is 28.7 Å². The molecule has 0 bridgehead atoms. The standard InChI is InChI=1S/C23H29N5O3/c1-16-5-3-6-17-8-10-25-20(19(16)17)28(18-7-4-9-24-13-18)21(29)26-11-12-27-22(30)31-15-23(27,2)14-26/h3,5-6,8,10,18,24H,4,7,9,11-15H2,1-2H3/t18-,23?/m1/s1. The van der Waals surface area contributed by atoms with Crippen molar-refractivity contribution in [1.82, 2.24) is 20.1 Å². The van der Waals surface area contributed by atoms with Crippen LogP contribution in [-0.2, 0) is 4.74 Å². The number of rotatable bonds is 2. The molecule has 1 unspecified atom stereocenters. The lowest BCUT2D eigenvalue weighted by molar-refractivity contribution is 0.0811. The molecule has 5 rings (SSSR count). The number of urea groups is 1. The number of ether oxygens (including phenoxy) is 1. The monoisotopic (exact) mass is 423 g/mol. The van der Waals surface area contributed by atoms with Gasteiger partial charge in [0.15, 0.2) is 0 Å². The van der Waals surface area contributed by atoms with E-state index in [-0.39, 0.29) is 18.2 Å². The molecular weight excluding hydrogens is 394 g/mol. The number of fused-ring (bicyclic) bond motifs is 2. The lowest BCUT2D eigenvalue weighted by Crippen LogP contribution is -2.64. The lowest BCUT2D eigenvalue weighted by Gasteiger charge is -2.45. The number of aromatic nitrogens is 1. The van der Waals surface area contributed by atoms with Gasteiger partial charge < -0.3 is 15.0 Å². The van der Waals surface area contributed by atoms with Gasteiger partial charge in [-0.05, 0) is 50.2 Å². The third kappa shape index (κ3) is 3.39. The van der Waals surface area contributed by atoms with Crippen molar-refractivity contribution in [3.63, 3.8) is 0 Å². The van der Waals surface area contributed by atoms with E-state index < -0.39 is 5.54 Å². The van der Waals surface area contributed by atoms with Gasteiger partial charge >= 0.3 is 12.1 Å². The molecule has 8 nitrogen and oxygen atoms in total. The van der Waals surface area contributed by atoms with Crippen LogP contribution in [0.4, 0.5) is 15.4 Å². The van der Waals surface area contributed by atoms with Crippen molar-refractivity contribution in [1.29, 1.82) is 0 Å². The predicted molar refractivity (Wildman–Crippen MR) is 118 cm³/mol. The van der Waals surface area contributed by atoms with Crippen LogP contribution in [0, 0.1) is 6.92 Å². The van der Waals surface area contributed by atoms with Gasteiger partial charge in [0.1, 0.15) is 12.4 Å². The van der Waals surface area contributed by atoms with Crippen LogP contribution in [0.1, 0.15) is 25.3 Å². The topological polar surface area (TPSA) is 78.0 Å². The molecule has 2 aromatic rings. The zero-order valence-electron chi connectivity index (χ0n) is 18.1. The van der Waals surface area contributed by atoms with Crippen molar-refractivity contribution in [2.45, 2.75) is 38.3 Å². The molecule has 31 heavy (non-hydrogen) atoms. The lowest BCUT2D eigenvalue weighted by atomic mass is 9.98. The number of nitrogens with one attached hydrogen (secondary N) is 1. The number of cyclic esters (lactones) is 1. The molecule has 2 atom stereocenters. The average Bonchev–Trinajstić information content (AvgIpc) is 3.08. The zero-order chi connectivity index (χ0) is 21.6. The minimum Gasteiger partial charge on any atom is -0.447 e. The van der Waals surface area contributed by atoms with E-state index in [1.807, 2.05) is 28.9 Å². The third-order valence-electron chi connectivity index (χ3n) is 6.82. The molecule has 3 aliphatic heterocycles. The highest BCUT2D eigenvalue weighted by atomic mass is 16.6. The van der Waals surface area contributed by atoms with E-state index >= 15 is 0 Å². The first-order chi connectivity index (χ1) is 15.0. The first kappa shape index (κ1) is 20.1. The van der Waals surface area contributed by atoms with Crippen molar-refractivity contribution in [3.05, 3.63) is 36.0 Å². The van der Waals surface area contributed by atoms with Gasteiger partial charge in [0.2, 0.25) is 0 Å². The molecule has 8 heteroatoms. The number of aryl methyl sites for hydroxylation is 1. The summed E-state index contributed by atoms with van der Waals surface area (Å²) in [6.07, 6.45) is 3.46. The molecule has 4 heterocycles. The van der Waals surface area contributed by atoms with E-state index in [2.05, 4.69) is 24.4 Å². The molecular formula is C23H29N5O3. The van der Waals surface area contributed by atoms with Crippen LogP contribution in [0.5, 0.6) is 0 Å². The van der Waals surface area contributed by atoms with Gasteiger partial charge in [-0.3, -0.25) is 9.80 Å². The van der Waals surface area contributed by atoms with Crippen LogP contribution in [0.2, 0.25) is 0 Å². The number of nitrogens with zero attached hydrogens (tertiary/aromatic N) is 4. The summed E-state index contributed by atoms with van der Waals surface area (Å²) in [5.74, 6) is 0.723. The predicted octanol–water partition coefficient (Wildman–Crippen LogP) is 2.75. The SMILES string of the molecule is Cc1cccc2ccnc(N(C(=O)N3CCN4C(=O)OCC4(C)C3)[C@@H]3CCCNC3)c12. The molecule has 0 saturated carbocycles. The quantitative estimate of drug-likeness (QED) is 0.804. The summed E-state index contributed by atoms with van der Waals surface area (Å²) in [5.41, 5.74) is 0.623. The highest BCUT2D eigenvalue weighted by molar-refractivity contribution is 6.03. The summed E-state index contributed by atoms with van der Waals surface area (Å²) in [6, 6.07) is 8.15. The molecule has 164 valence electrons. The third-order valence-corrected chi connectivity index (χ3v) is 6.82. The van der Waals surface area contributed by atoms with Crippen molar-refractivity contribution in [2.24, 2.45) is 0 Å². The Kier molecular flexibility index (Phi) is 4.97. The number of piperidine rings is 1. The van der Waals surface area contributed by atoms with E-state index in [1.165, 1.54) is 0 Å². The Balaban J connectivity index is 1.54. The Hall–Kier alpha value is -2.87. The fourth-order valence-corrected chi connectivity index (χ4v) is 5.16. The van der Waals surface area contributed by atoms with Gasteiger partial charge in [0.05, 0.1) is 11.6 Å². The minimum absolute atomic E-state index is 0.0336. The Morgan fingerprint density at radius 3 is 3.00 bits per heavy atom. The molecule has 3 amide bonds. The number of hydrogen-bond acceptors (Lipinski definition) is 5. The van der Waals surface area contributed by atoms with Crippen LogP contribution in [-0.4, -0.2) is 77.8 Å². The summed E-state index contributed by atoms with van der Waals surface area (Å²) in [6.45, 7) is 7.51. The Morgan fingerprint density at radius 1 is 1.32 bits per heavy atom. The molecule has 3 fully saturated rings. The van der Waals surface area contributed by atoms with Crippen LogP contribution < -0.4 is 10.2 Å². The van der Waals surface area contributed by atoms with E-state index in [1.54, 1.807) is 11.1 Å². The summed E-state index contributed by atoms with van der Waals surface area (Å²) in [7, 11) is 0. The Labute approximate surface area is 182 Å². The van der Waals surface area contributed by atoms with E-state index in [0.717, 1.165) is 48.1 Å². The van der Waals surface area contributed by atoms with Crippen LogP contribution in [0.25, 0.3) is 10.8 Å². The second-order valence-corrected chi connectivity index (χ2v) is 9.09. The number of piperazine rings is 1. The highest BCUT2D eigenvalue weighted by Crippen LogP contribution is 2.33. The van der Waals surface area contributed by atoms with E-state index in [4.69, 9.17) is 9.72 Å². The van der Waals surface area contributed by atoms with Crippen LogP contribution >= 0.6 is 0 Å². The molecule has 3 aliphatic rings. The number of anilines is 1. The van der Waals surface area contributed by atoms with Gasteiger partial charge in [-0.25, -0.2) is 14.6 Å². The fourth-order valence-electron chi connectivity index (χ4n) is 5.16. The summed E-state index contributed by atoms with van der Waals surface area (Å²) >= 11 is 0. The molecule has 1 N–H and O–H groups in total. The van der Waals surface area contributed by atoms with Crippen LogP contribution in [0.3, 0.4) is 0 Å². The molecule has 0 spiro atoms. The Morgan fingerprint density at radius 2 is 2.19 bits per heavy atom. The van der Waals surface area contributed by atoms with Crippen LogP contribution in [0.15, 0.2) is 30.5 Å². The van der Waals surface area contributed by atoms with E-state index in [9.17, 15) is 9.59 Å². The number of amides is 3.